The van der Waals surface area contributed by atoms with E-state index in [0.717, 1.165) is 15.4 Å². The number of aryl methyl sites for hydroxylation is 1. The lowest BCUT2D eigenvalue weighted by Crippen LogP contribution is -2.12. The molecule has 0 atom stereocenters. The highest BCUT2D eigenvalue weighted by Gasteiger charge is 2.33. The number of amides is 1. The van der Waals surface area contributed by atoms with Gasteiger partial charge in [0.25, 0.3) is 5.91 Å². The third-order valence-corrected chi connectivity index (χ3v) is 5.44. The van der Waals surface area contributed by atoms with E-state index < -0.39 is 17.6 Å². The molecule has 0 aliphatic rings. The predicted octanol–water partition coefficient (Wildman–Crippen LogP) is 5.85. The van der Waals surface area contributed by atoms with Gasteiger partial charge in [0, 0.05) is 10.2 Å². The Labute approximate surface area is 139 Å². The Morgan fingerprint density at radius 1 is 1.24 bits per heavy atom. The van der Waals surface area contributed by atoms with Crippen LogP contribution in [0, 0.1) is 6.92 Å². The van der Waals surface area contributed by atoms with E-state index in [0.29, 0.717) is 4.88 Å². The fraction of sp³-hybridized carbons (Fsp3) is 0.154. The molecule has 8 heteroatoms. The number of hydrogen-bond donors (Lipinski definition) is 1. The second-order valence-corrected chi connectivity index (χ2v) is 7.44. The van der Waals surface area contributed by atoms with Crippen molar-refractivity contribution in [2.75, 3.05) is 5.32 Å². The summed E-state index contributed by atoms with van der Waals surface area (Å²) in [7, 11) is 0. The molecule has 0 aliphatic carbocycles. The summed E-state index contributed by atoms with van der Waals surface area (Å²) in [6.45, 7) is 1.83. The largest absolute Gasteiger partial charge is 0.417 e. The summed E-state index contributed by atoms with van der Waals surface area (Å²) in [5.74, 6) is -0.441. The molecule has 0 bridgehead atoms. The summed E-state index contributed by atoms with van der Waals surface area (Å²) in [6, 6.07) is 5.24. The average molecular weight is 443 g/mol. The summed E-state index contributed by atoms with van der Waals surface area (Å²) in [5, 5.41) is 2.47. The Balaban J connectivity index is 2.26. The second-order valence-electron chi connectivity index (χ2n) is 4.21. The second kappa shape index (κ2) is 6.10. The lowest BCUT2D eigenvalue weighted by Gasteiger charge is -2.11. The summed E-state index contributed by atoms with van der Waals surface area (Å²) in [4.78, 5) is 12.4. The Hall–Kier alpha value is -0.860. The molecule has 2 nitrogen and oxygen atoms in total. The van der Waals surface area contributed by atoms with Crippen LogP contribution in [0.25, 0.3) is 0 Å². The Morgan fingerprint density at radius 3 is 2.43 bits per heavy atom. The van der Waals surface area contributed by atoms with Crippen LogP contribution in [0.3, 0.4) is 0 Å². The molecule has 0 saturated carbocycles. The molecular formula is C13H8Br2F3NOS. The lowest BCUT2D eigenvalue weighted by atomic mass is 10.2. The van der Waals surface area contributed by atoms with Crippen LogP contribution in [0.1, 0.15) is 20.8 Å². The molecule has 2 aromatic rings. The fourth-order valence-electron chi connectivity index (χ4n) is 1.58. The molecule has 1 aromatic carbocycles. The maximum Gasteiger partial charge on any atom is 0.417 e. The maximum atomic E-state index is 12.8. The number of halogens is 5. The number of thiophene rings is 1. The summed E-state index contributed by atoms with van der Waals surface area (Å²) in [6.07, 6.45) is -4.48. The van der Waals surface area contributed by atoms with Gasteiger partial charge in [-0.05, 0) is 52.7 Å². The number of rotatable bonds is 2. The number of carbonyl (C=O) groups is 1. The first kappa shape index (κ1) is 16.5. The predicted molar refractivity (Wildman–Crippen MR) is 83.9 cm³/mol. The number of carbonyl (C=O) groups excluding carboxylic acids is 1. The van der Waals surface area contributed by atoms with E-state index in [2.05, 4.69) is 37.2 Å². The number of benzene rings is 1. The molecule has 2 rings (SSSR count). The van der Waals surface area contributed by atoms with Crippen molar-refractivity contribution >= 4 is 54.8 Å². The van der Waals surface area contributed by atoms with Crippen molar-refractivity contribution in [2.24, 2.45) is 0 Å². The topological polar surface area (TPSA) is 29.1 Å². The number of hydrogen-bond acceptors (Lipinski definition) is 2. The number of anilines is 1. The molecule has 1 amide bonds. The molecule has 1 aromatic heterocycles. The molecule has 0 unspecified atom stereocenters. The van der Waals surface area contributed by atoms with E-state index in [-0.39, 0.29) is 10.2 Å². The minimum absolute atomic E-state index is 0.0669. The van der Waals surface area contributed by atoms with E-state index in [4.69, 9.17) is 0 Å². The van der Waals surface area contributed by atoms with Crippen LogP contribution in [0.4, 0.5) is 18.9 Å². The summed E-state index contributed by atoms with van der Waals surface area (Å²) < 4.78 is 39.1. The van der Waals surface area contributed by atoms with Gasteiger partial charge in [-0.25, -0.2) is 0 Å². The van der Waals surface area contributed by atoms with Gasteiger partial charge in [-0.2, -0.15) is 13.2 Å². The molecule has 0 aliphatic heterocycles. The van der Waals surface area contributed by atoms with Gasteiger partial charge >= 0.3 is 6.18 Å². The van der Waals surface area contributed by atoms with Crippen LogP contribution < -0.4 is 5.32 Å². The smallest absolute Gasteiger partial charge is 0.321 e. The van der Waals surface area contributed by atoms with Gasteiger partial charge in [0.1, 0.15) is 0 Å². The number of nitrogens with one attached hydrogen (secondary N) is 1. The standard InChI is InChI=1S/C13H8Br2F3NOS/c1-6-4-10(21-11(6)15)12(20)19-7-2-3-9(14)8(5-7)13(16,17)18/h2-5H,1H3,(H,19,20). The molecule has 1 heterocycles. The van der Waals surface area contributed by atoms with Crippen LogP contribution in [-0.2, 0) is 6.18 Å². The zero-order valence-electron chi connectivity index (χ0n) is 10.5. The first-order valence-corrected chi connectivity index (χ1v) is 8.03. The van der Waals surface area contributed by atoms with Crippen molar-refractivity contribution in [1.29, 1.82) is 0 Å². The summed E-state index contributed by atoms with van der Waals surface area (Å²) >= 11 is 7.38. The van der Waals surface area contributed by atoms with Crippen LogP contribution in [0.2, 0.25) is 0 Å². The SMILES string of the molecule is Cc1cc(C(=O)Nc2ccc(Br)c(C(F)(F)F)c2)sc1Br. The molecule has 0 saturated heterocycles. The highest BCUT2D eigenvalue weighted by molar-refractivity contribution is 9.11. The van der Waals surface area contributed by atoms with E-state index in [1.165, 1.54) is 23.5 Å². The third-order valence-electron chi connectivity index (χ3n) is 2.61. The van der Waals surface area contributed by atoms with Gasteiger partial charge in [0.15, 0.2) is 0 Å². The van der Waals surface area contributed by atoms with Crippen molar-refractivity contribution in [1.82, 2.24) is 0 Å². The molecule has 1 N–H and O–H groups in total. The average Bonchev–Trinajstić information content (AvgIpc) is 2.71. The number of alkyl halides is 3. The van der Waals surface area contributed by atoms with Crippen molar-refractivity contribution in [3.8, 4) is 0 Å². The van der Waals surface area contributed by atoms with Crippen molar-refractivity contribution < 1.29 is 18.0 Å². The lowest BCUT2D eigenvalue weighted by molar-refractivity contribution is -0.138. The first-order chi connectivity index (χ1) is 9.68. The fourth-order valence-corrected chi connectivity index (χ4v) is 3.49. The van der Waals surface area contributed by atoms with Gasteiger partial charge in [0.05, 0.1) is 14.2 Å². The minimum Gasteiger partial charge on any atom is -0.321 e. The maximum absolute atomic E-state index is 12.8. The minimum atomic E-state index is -4.48. The van der Waals surface area contributed by atoms with Crippen LogP contribution in [0.15, 0.2) is 32.5 Å². The quantitative estimate of drug-likeness (QED) is 0.620. The molecule has 0 radical (unpaired) electrons. The van der Waals surface area contributed by atoms with E-state index in [9.17, 15) is 18.0 Å². The van der Waals surface area contributed by atoms with Crippen molar-refractivity contribution in [3.05, 3.63) is 48.5 Å². The van der Waals surface area contributed by atoms with Crippen LogP contribution in [0.5, 0.6) is 0 Å². The monoisotopic (exact) mass is 441 g/mol. The highest BCUT2D eigenvalue weighted by atomic mass is 79.9. The molecular weight excluding hydrogens is 435 g/mol. The molecule has 112 valence electrons. The van der Waals surface area contributed by atoms with Gasteiger partial charge in [-0.15, -0.1) is 11.3 Å². The van der Waals surface area contributed by atoms with E-state index >= 15 is 0 Å². The first-order valence-electron chi connectivity index (χ1n) is 5.62. The third kappa shape index (κ3) is 3.87. The Bertz CT molecular complexity index is 678. The Morgan fingerprint density at radius 2 is 1.90 bits per heavy atom. The zero-order valence-corrected chi connectivity index (χ0v) is 14.5. The molecule has 0 spiro atoms. The van der Waals surface area contributed by atoms with E-state index in [1.807, 2.05) is 6.92 Å². The molecule has 0 fully saturated rings. The van der Waals surface area contributed by atoms with Crippen LogP contribution >= 0.6 is 43.2 Å². The van der Waals surface area contributed by atoms with Gasteiger partial charge in [-0.3, -0.25) is 4.79 Å². The van der Waals surface area contributed by atoms with E-state index in [1.54, 1.807) is 6.07 Å². The normalized spacial score (nSPS) is 11.5. The summed E-state index contributed by atoms with van der Waals surface area (Å²) in [5.41, 5.74) is 0.165. The van der Waals surface area contributed by atoms with Crippen molar-refractivity contribution in [3.63, 3.8) is 0 Å². The zero-order chi connectivity index (χ0) is 15.8. The molecule has 21 heavy (non-hydrogen) atoms. The Kier molecular flexibility index (Phi) is 4.79. The van der Waals surface area contributed by atoms with Crippen molar-refractivity contribution in [2.45, 2.75) is 13.1 Å². The van der Waals surface area contributed by atoms with Gasteiger partial charge < -0.3 is 5.32 Å². The van der Waals surface area contributed by atoms with Gasteiger partial charge in [0.2, 0.25) is 0 Å². The highest BCUT2D eigenvalue weighted by Crippen LogP contribution is 2.36. The van der Waals surface area contributed by atoms with Crippen LogP contribution in [-0.4, -0.2) is 5.91 Å². The van der Waals surface area contributed by atoms with Gasteiger partial charge in [-0.1, -0.05) is 15.9 Å².